The van der Waals surface area contributed by atoms with Crippen LogP contribution in [0.4, 0.5) is 4.39 Å². The SMILES string of the molecule is O=C(NCc1ccc(S(=O)(=O)N2CCCC2c2cccc(-c3cncn3CCc3ccc(F)cc3)c2)s1)c1ccccc1. The maximum atomic E-state index is 13.8. The Morgan fingerprint density at radius 2 is 1.81 bits per heavy atom. The van der Waals surface area contributed by atoms with Crippen molar-refractivity contribution in [3.05, 3.63) is 131 Å². The van der Waals surface area contributed by atoms with Gasteiger partial charge in [0.25, 0.3) is 15.9 Å². The van der Waals surface area contributed by atoms with E-state index in [4.69, 9.17) is 0 Å². The molecule has 3 aromatic carbocycles. The number of imidazole rings is 1. The van der Waals surface area contributed by atoms with Gasteiger partial charge in [-0.1, -0.05) is 48.5 Å². The number of amides is 1. The molecule has 0 aliphatic carbocycles. The normalized spacial score (nSPS) is 15.5. The van der Waals surface area contributed by atoms with Gasteiger partial charge in [0.05, 0.1) is 30.8 Å². The molecule has 3 heterocycles. The van der Waals surface area contributed by atoms with Crippen LogP contribution in [0, 0.1) is 5.82 Å². The highest BCUT2D eigenvalue weighted by molar-refractivity contribution is 7.91. The highest BCUT2D eigenvalue weighted by Gasteiger charge is 2.37. The second-order valence-electron chi connectivity index (χ2n) is 10.5. The maximum Gasteiger partial charge on any atom is 0.253 e. The Balaban J connectivity index is 1.16. The van der Waals surface area contributed by atoms with Crippen LogP contribution < -0.4 is 5.32 Å². The number of carbonyl (C=O) groups is 1. The van der Waals surface area contributed by atoms with Gasteiger partial charge in [-0.15, -0.1) is 11.3 Å². The van der Waals surface area contributed by atoms with Crippen molar-refractivity contribution < 1.29 is 17.6 Å². The Hall–Kier alpha value is -4.12. The molecule has 10 heteroatoms. The van der Waals surface area contributed by atoms with Crippen LogP contribution in [-0.4, -0.2) is 34.7 Å². The van der Waals surface area contributed by atoms with E-state index >= 15 is 0 Å². The third kappa shape index (κ3) is 6.46. The minimum atomic E-state index is -3.73. The molecule has 1 aliphatic heterocycles. The summed E-state index contributed by atoms with van der Waals surface area (Å²) in [5.74, 6) is -0.451. The van der Waals surface area contributed by atoms with Crippen molar-refractivity contribution >= 4 is 27.3 Å². The Morgan fingerprint density at radius 3 is 2.63 bits per heavy atom. The van der Waals surface area contributed by atoms with Gasteiger partial charge in [0, 0.05) is 29.1 Å². The van der Waals surface area contributed by atoms with Gasteiger partial charge in [-0.2, -0.15) is 4.31 Å². The first-order valence-corrected chi connectivity index (χ1v) is 16.4. The third-order valence-electron chi connectivity index (χ3n) is 7.70. The van der Waals surface area contributed by atoms with Crippen LogP contribution in [0.25, 0.3) is 11.3 Å². The summed E-state index contributed by atoms with van der Waals surface area (Å²) < 4.78 is 44.9. The summed E-state index contributed by atoms with van der Waals surface area (Å²) in [5, 5.41) is 2.87. The van der Waals surface area contributed by atoms with E-state index < -0.39 is 10.0 Å². The number of rotatable bonds is 10. The van der Waals surface area contributed by atoms with Crippen molar-refractivity contribution in [3.63, 3.8) is 0 Å². The van der Waals surface area contributed by atoms with Crippen molar-refractivity contribution in [2.75, 3.05) is 6.54 Å². The average molecular weight is 615 g/mol. The van der Waals surface area contributed by atoms with Gasteiger partial charge in [0.2, 0.25) is 0 Å². The topological polar surface area (TPSA) is 84.3 Å². The van der Waals surface area contributed by atoms with Gasteiger partial charge in [-0.3, -0.25) is 4.79 Å². The fraction of sp³-hybridized carbons (Fsp3) is 0.212. The molecule has 1 N–H and O–H groups in total. The summed E-state index contributed by atoms with van der Waals surface area (Å²) in [6.45, 7) is 1.39. The molecule has 0 radical (unpaired) electrons. The van der Waals surface area contributed by atoms with Gasteiger partial charge < -0.3 is 9.88 Å². The minimum absolute atomic E-state index is 0.199. The van der Waals surface area contributed by atoms with E-state index in [-0.39, 0.29) is 28.5 Å². The molecular weight excluding hydrogens is 584 g/mol. The number of aryl methyl sites for hydroxylation is 2. The van der Waals surface area contributed by atoms with Gasteiger partial charge in [-0.25, -0.2) is 17.8 Å². The number of thiophene rings is 1. The predicted octanol–water partition coefficient (Wildman–Crippen LogP) is 6.45. The van der Waals surface area contributed by atoms with Crippen LogP contribution in [0.1, 0.15) is 45.2 Å². The molecule has 0 saturated carbocycles. The summed E-state index contributed by atoms with van der Waals surface area (Å²) in [7, 11) is -3.73. The van der Waals surface area contributed by atoms with Crippen molar-refractivity contribution in [1.29, 1.82) is 0 Å². The number of sulfonamides is 1. The molecule has 0 spiro atoms. The Kier molecular flexibility index (Phi) is 8.51. The number of hydrogen-bond donors (Lipinski definition) is 1. The second kappa shape index (κ2) is 12.6. The first-order chi connectivity index (χ1) is 20.9. The van der Waals surface area contributed by atoms with Gasteiger partial charge in [0.15, 0.2) is 0 Å². The fourth-order valence-electron chi connectivity index (χ4n) is 5.47. The van der Waals surface area contributed by atoms with Crippen LogP contribution in [-0.2, 0) is 29.5 Å². The van der Waals surface area contributed by atoms with Crippen molar-refractivity contribution in [1.82, 2.24) is 19.2 Å². The van der Waals surface area contributed by atoms with Gasteiger partial charge in [-0.05, 0) is 72.9 Å². The summed E-state index contributed by atoms with van der Waals surface area (Å²) in [4.78, 5) is 17.6. The molecule has 7 nitrogen and oxygen atoms in total. The van der Waals surface area contributed by atoms with E-state index in [0.717, 1.165) is 46.5 Å². The zero-order valence-electron chi connectivity index (χ0n) is 23.4. The number of hydrogen-bond acceptors (Lipinski definition) is 5. The number of carbonyl (C=O) groups excluding carboxylic acids is 1. The summed E-state index contributed by atoms with van der Waals surface area (Å²) in [5.41, 5.74) is 4.45. The number of aromatic nitrogens is 2. The van der Waals surface area contributed by atoms with Gasteiger partial charge in [0.1, 0.15) is 10.0 Å². The second-order valence-corrected chi connectivity index (χ2v) is 13.8. The molecule has 1 atom stereocenters. The van der Waals surface area contributed by atoms with E-state index in [1.54, 1.807) is 59.2 Å². The summed E-state index contributed by atoms with van der Waals surface area (Å²) in [6, 6.07) is 26.6. The van der Waals surface area contributed by atoms with Crippen LogP contribution in [0.3, 0.4) is 0 Å². The Morgan fingerprint density at radius 1 is 1.00 bits per heavy atom. The zero-order valence-corrected chi connectivity index (χ0v) is 25.0. The molecule has 1 unspecified atom stereocenters. The largest absolute Gasteiger partial charge is 0.347 e. The van der Waals surface area contributed by atoms with Crippen LogP contribution in [0.2, 0.25) is 0 Å². The molecule has 1 fully saturated rings. The highest BCUT2D eigenvalue weighted by atomic mass is 32.2. The van der Waals surface area contributed by atoms with Crippen molar-refractivity contribution in [2.24, 2.45) is 0 Å². The van der Waals surface area contributed by atoms with Gasteiger partial charge >= 0.3 is 0 Å². The first kappa shape index (κ1) is 29.0. The lowest BCUT2D eigenvalue weighted by Gasteiger charge is -2.24. The Bertz CT molecular complexity index is 1820. The number of nitrogens with one attached hydrogen (secondary N) is 1. The van der Waals surface area contributed by atoms with Crippen LogP contribution in [0.15, 0.2) is 108 Å². The Labute approximate surface area is 254 Å². The molecule has 5 aromatic rings. The average Bonchev–Trinajstić information content (AvgIpc) is 3.82. The predicted molar refractivity (Wildman–Crippen MR) is 166 cm³/mol. The van der Waals surface area contributed by atoms with E-state index in [0.29, 0.717) is 18.7 Å². The van der Waals surface area contributed by atoms with Crippen molar-refractivity contribution in [2.45, 2.75) is 42.6 Å². The van der Waals surface area contributed by atoms with Crippen LogP contribution >= 0.6 is 11.3 Å². The standard InChI is InChI=1S/C33H31FN4O3S2/c34-28-13-11-24(12-14-28)17-19-37-23-35-22-31(37)27-9-4-8-26(20-27)30-10-5-18-38(30)43(40,41)32-16-15-29(42-32)21-36-33(39)25-6-2-1-3-7-25/h1-4,6-9,11-16,20,22-23,30H,5,10,17-19,21H2,(H,36,39). The zero-order chi connectivity index (χ0) is 29.8. The third-order valence-corrected chi connectivity index (χ3v) is 11.2. The first-order valence-electron chi connectivity index (χ1n) is 14.2. The lowest BCUT2D eigenvalue weighted by molar-refractivity contribution is 0.0951. The number of halogens is 1. The number of benzene rings is 3. The van der Waals surface area contributed by atoms with E-state index in [1.807, 2.05) is 30.5 Å². The minimum Gasteiger partial charge on any atom is -0.347 e. The molecule has 1 amide bonds. The molecule has 1 saturated heterocycles. The van der Waals surface area contributed by atoms with Crippen molar-refractivity contribution in [3.8, 4) is 11.3 Å². The maximum absolute atomic E-state index is 13.8. The van der Waals surface area contributed by atoms with E-state index in [9.17, 15) is 17.6 Å². The number of nitrogens with zero attached hydrogens (tertiary/aromatic N) is 3. The van der Waals surface area contributed by atoms with E-state index in [2.05, 4.69) is 20.9 Å². The molecule has 43 heavy (non-hydrogen) atoms. The molecule has 2 aromatic heterocycles. The molecule has 220 valence electrons. The van der Waals surface area contributed by atoms with E-state index in [1.165, 1.54) is 23.5 Å². The lowest BCUT2D eigenvalue weighted by Crippen LogP contribution is -2.30. The fourth-order valence-corrected chi connectivity index (χ4v) is 8.58. The quantitative estimate of drug-likeness (QED) is 0.196. The molecule has 6 rings (SSSR count). The summed E-state index contributed by atoms with van der Waals surface area (Å²) in [6.07, 6.45) is 5.84. The summed E-state index contributed by atoms with van der Waals surface area (Å²) >= 11 is 1.19. The highest BCUT2D eigenvalue weighted by Crippen LogP contribution is 2.39. The molecule has 0 bridgehead atoms. The molecule has 1 aliphatic rings. The van der Waals surface area contributed by atoms with Crippen LogP contribution in [0.5, 0.6) is 0 Å². The lowest BCUT2D eigenvalue weighted by atomic mass is 10.0. The smallest absolute Gasteiger partial charge is 0.253 e. The monoisotopic (exact) mass is 614 g/mol. The molecular formula is C33H31FN4O3S2.